The zero-order valence-corrected chi connectivity index (χ0v) is 12.7. The first kappa shape index (κ1) is 14.4. The van der Waals surface area contributed by atoms with Gasteiger partial charge in [0.15, 0.2) is 0 Å². The average molecular weight is 298 g/mol. The van der Waals surface area contributed by atoms with Crippen molar-refractivity contribution >= 4 is 11.4 Å². The second-order valence-corrected chi connectivity index (χ2v) is 5.47. The lowest BCUT2D eigenvalue weighted by Gasteiger charge is -2.32. The number of hydrogen-bond donors (Lipinski definition) is 0. The molecule has 0 bridgehead atoms. The molecule has 0 spiro atoms. The number of rotatable bonds is 3. The van der Waals surface area contributed by atoms with Crippen LogP contribution in [0.2, 0.25) is 0 Å². The molecule has 0 radical (unpaired) electrons. The fourth-order valence-corrected chi connectivity index (χ4v) is 3.16. The molecule has 0 aliphatic carbocycles. The van der Waals surface area contributed by atoms with E-state index < -0.39 is 0 Å². The van der Waals surface area contributed by atoms with E-state index in [1.807, 2.05) is 25.1 Å². The van der Waals surface area contributed by atoms with E-state index in [1.54, 1.807) is 19.2 Å². The van der Waals surface area contributed by atoms with Crippen LogP contribution in [0.25, 0.3) is 0 Å². The van der Waals surface area contributed by atoms with Crippen LogP contribution in [0.3, 0.4) is 0 Å². The van der Waals surface area contributed by atoms with Crippen molar-refractivity contribution in [3.05, 3.63) is 63.2 Å². The van der Waals surface area contributed by atoms with Crippen molar-refractivity contribution in [3.8, 4) is 5.75 Å². The first-order chi connectivity index (χ1) is 10.6. The molecular weight excluding hydrogens is 280 g/mol. The van der Waals surface area contributed by atoms with E-state index in [2.05, 4.69) is 11.0 Å². The highest BCUT2D eigenvalue weighted by Gasteiger charge is 2.26. The van der Waals surface area contributed by atoms with Gasteiger partial charge in [0.25, 0.3) is 5.69 Å². The second kappa shape index (κ2) is 5.67. The third-order valence-corrected chi connectivity index (χ3v) is 4.17. The molecule has 0 atom stereocenters. The molecule has 5 nitrogen and oxygen atoms in total. The summed E-state index contributed by atoms with van der Waals surface area (Å²) in [6.07, 6.45) is 0.824. The maximum atomic E-state index is 11.3. The number of fused-ring (bicyclic) bond motifs is 1. The monoisotopic (exact) mass is 298 g/mol. The molecule has 0 fully saturated rings. The van der Waals surface area contributed by atoms with Gasteiger partial charge in [0.05, 0.1) is 12.0 Å². The fraction of sp³-hybridized carbons (Fsp3) is 0.294. The molecule has 0 N–H and O–H groups in total. The van der Waals surface area contributed by atoms with Crippen molar-refractivity contribution in [1.29, 1.82) is 0 Å². The van der Waals surface area contributed by atoms with Crippen LogP contribution < -0.4 is 9.64 Å². The van der Waals surface area contributed by atoms with E-state index in [0.29, 0.717) is 6.54 Å². The van der Waals surface area contributed by atoms with Gasteiger partial charge in [-0.3, -0.25) is 10.1 Å². The molecule has 0 aromatic heterocycles. The summed E-state index contributed by atoms with van der Waals surface area (Å²) in [5.41, 5.74) is 4.20. The summed E-state index contributed by atoms with van der Waals surface area (Å²) in [6, 6.07) is 11.2. The molecule has 0 unspecified atom stereocenters. The molecule has 1 heterocycles. The standard InChI is InChI=1S/C17H18N2O3/c1-12-5-3-7-15(19(20)21)17(12)18-10-9-14-13(11-18)6-4-8-16(14)22-2/h3-8H,9-11H2,1-2H3. The Bertz CT molecular complexity index is 728. The number of methoxy groups -OCH3 is 1. The van der Waals surface area contributed by atoms with Crippen molar-refractivity contribution in [2.24, 2.45) is 0 Å². The van der Waals surface area contributed by atoms with Gasteiger partial charge in [-0.1, -0.05) is 24.3 Å². The number of hydrogen-bond acceptors (Lipinski definition) is 4. The van der Waals surface area contributed by atoms with Crippen LogP contribution in [0.5, 0.6) is 5.75 Å². The number of ether oxygens (including phenoxy) is 1. The first-order valence-corrected chi connectivity index (χ1v) is 7.25. The highest BCUT2D eigenvalue weighted by atomic mass is 16.6. The lowest BCUT2D eigenvalue weighted by Crippen LogP contribution is -2.31. The molecule has 1 aliphatic heterocycles. The molecule has 2 aromatic rings. The topological polar surface area (TPSA) is 55.6 Å². The molecule has 114 valence electrons. The fourth-order valence-electron chi connectivity index (χ4n) is 3.16. The van der Waals surface area contributed by atoms with E-state index in [1.165, 1.54) is 11.1 Å². The Morgan fingerprint density at radius 1 is 1.23 bits per heavy atom. The van der Waals surface area contributed by atoms with Crippen LogP contribution in [0, 0.1) is 17.0 Å². The molecule has 5 heteroatoms. The quantitative estimate of drug-likeness (QED) is 0.643. The second-order valence-electron chi connectivity index (χ2n) is 5.47. The summed E-state index contributed by atoms with van der Waals surface area (Å²) in [4.78, 5) is 13.1. The Morgan fingerprint density at radius 3 is 2.73 bits per heavy atom. The summed E-state index contributed by atoms with van der Waals surface area (Å²) in [7, 11) is 1.67. The van der Waals surface area contributed by atoms with Gasteiger partial charge in [0.2, 0.25) is 0 Å². The van der Waals surface area contributed by atoms with Crippen molar-refractivity contribution in [2.75, 3.05) is 18.6 Å². The molecule has 3 rings (SSSR count). The maximum Gasteiger partial charge on any atom is 0.292 e. The summed E-state index contributed by atoms with van der Waals surface area (Å²) in [5, 5.41) is 11.3. The molecule has 0 saturated carbocycles. The van der Waals surface area contributed by atoms with Gasteiger partial charge in [-0.25, -0.2) is 0 Å². The highest BCUT2D eigenvalue weighted by Crippen LogP contribution is 2.36. The van der Waals surface area contributed by atoms with Crippen LogP contribution in [0.15, 0.2) is 36.4 Å². The molecule has 0 amide bonds. The molecule has 0 saturated heterocycles. The van der Waals surface area contributed by atoms with Crippen LogP contribution in [-0.4, -0.2) is 18.6 Å². The minimum atomic E-state index is -0.302. The Balaban J connectivity index is 2.01. The normalized spacial score (nSPS) is 13.6. The van der Waals surface area contributed by atoms with Crippen molar-refractivity contribution in [2.45, 2.75) is 19.9 Å². The number of aryl methyl sites for hydroxylation is 1. The largest absolute Gasteiger partial charge is 0.496 e. The first-order valence-electron chi connectivity index (χ1n) is 7.25. The van der Waals surface area contributed by atoms with Crippen molar-refractivity contribution in [1.82, 2.24) is 0 Å². The molecule has 22 heavy (non-hydrogen) atoms. The van der Waals surface area contributed by atoms with E-state index in [-0.39, 0.29) is 10.6 Å². The van der Waals surface area contributed by atoms with Crippen LogP contribution in [0.1, 0.15) is 16.7 Å². The van der Waals surface area contributed by atoms with Gasteiger partial charge in [-0.15, -0.1) is 0 Å². The number of benzene rings is 2. The lowest BCUT2D eigenvalue weighted by molar-refractivity contribution is -0.384. The Labute approximate surface area is 129 Å². The van der Waals surface area contributed by atoms with Crippen LogP contribution in [-0.2, 0) is 13.0 Å². The number of nitro groups is 1. The van der Waals surface area contributed by atoms with Gasteiger partial charge in [0, 0.05) is 24.7 Å². The minimum Gasteiger partial charge on any atom is -0.496 e. The van der Waals surface area contributed by atoms with E-state index in [9.17, 15) is 10.1 Å². The Morgan fingerprint density at radius 2 is 2.00 bits per heavy atom. The number of nitro benzene ring substituents is 1. The summed E-state index contributed by atoms with van der Waals surface area (Å²) >= 11 is 0. The maximum absolute atomic E-state index is 11.3. The van der Waals surface area contributed by atoms with Crippen LogP contribution >= 0.6 is 0 Å². The van der Waals surface area contributed by atoms with Gasteiger partial charge < -0.3 is 9.64 Å². The molecule has 2 aromatic carbocycles. The third-order valence-electron chi connectivity index (χ3n) is 4.17. The zero-order valence-electron chi connectivity index (χ0n) is 12.7. The van der Waals surface area contributed by atoms with E-state index in [0.717, 1.165) is 30.0 Å². The predicted molar refractivity (Wildman–Crippen MR) is 85.6 cm³/mol. The van der Waals surface area contributed by atoms with Gasteiger partial charge >= 0.3 is 0 Å². The smallest absolute Gasteiger partial charge is 0.292 e. The van der Waals surface area contributed by atoms with E-state index in [4.69, 9.17) is 4.74 Å². The lowest BCUT2D eigenvalue weighted by atomic mass is 9.97. The SMILES string of the molecule is COc1cccc2c1CCN(c1c(C)cccc1[N+](=O)[O-])C2. The summed E-state index contributed by atoms with van der Waals surface area (Å²) < 4.78 is 5.41. The van der Waals surface area contributed by atoms with E-state index >= 15 is 0 Å². The average Bonchev–Trinajstić information content (AvgIpc) is 2.53. The van der Waals surface area contributed by atoms with Gasteiger partial charge in [-0.2, -0.15) is 0 Å². The van der Waals surface area contributed by atoms with Crippen LogP contribution in [0.4, 0.5) is 11.4 Å². The number of para-hydroxylation sites is 1. The van der Waals surface area contributed by atoms with Gasteiger partial charge in [-0.05, 0) is 30.5 Å². The summed E-state index contributed by atoms with van der Waals surface area (Å²) in [6.45, 7) is 3.33. The minimum absolute atomic E-state index is 0.173. The third kappa shape index (κ3) is 2.39. The number of nitrogens with zero attached hydrogens (tertiary/aromatic N) is 2. The molecular formula is C17H18N2O3. The van der Waals surface area contributed by atoms with Crippen molar-refractivity contribution < 1.29 is 9.66 Å². The molecule has 1 aliphatic rings. The predicted octanol–water partition coefficient (Wildman–Crippen LogP) is 3.47. The zero-order chi connectivity index (χ0) is 15.7. The van der Waals surface area contributed by atoms with Crippen molar-refractivity contribution in [3.63, 3.8) is 0 Å². The number of anilines is 1. The summed E-state index contributed by atoms with van der Waals surface area (Å²) in [5.74, 6) is 0.899. The van der Waals surface area contributed by atoms with Gasteiger partial charge in [0.1, 0.15) is 11.4 Å². The Kier molecular flexibility index (Phi) is 3.71. The Hall–Kier alpha value is -2.56. The highest BCUT2D eigenvalue weighted by molar-refractivity contribution is 5.68.